The van der Waals surface area contributed by atoms with E-state index in [1.165, 1.54) is 6.07 Å². The lowest BCUT2D eigenvalue weighted by Gasteiger charge is -2.18. The Hall–Kier alpha value is -1.65. The van der Waals surface area contributed by atoms with Crippen molar-refractivity contribution >= 4 is 11.8 Å². The van der Waals surface area contributed by atoms with Crippen LogP contribution in [-0.2, 0) is 9.53 Å². The van der Waals surface area contributed by atoms with Crippen molar-refractivity contribution in [1.29, 1.82) is 0 Å². The van der Waals surface area contributed by atoms with Gasteiger partial charge in [0.1, 0.15) is 23.5 Å². The van der Waals surface area contributed by atoms with Crippen LogP contribution in [-0.4, -0.2) is 22.5 Å². The van der Waals surface area contributed by atoms with E-state index in [2.05, 4.69) is 5.16 Å². The predicted molar refractivity (Wildman–Crippen MR) is 56.0 cm³/mol. The van der Waals surface area contributed by atoms with E-state index >= 15 is 0 Å². The van der Waals surface area contributed by atoms with Crippen LogP contribution in [0.3, 0.4) is 0 Å². The van der Waals surface area contributed by atoms with Crippen LogP contribution in [0, 0.1) is 6.92 Å². The summed E-state index contributed by atoms with van der Waals surface area (Å²) >= 11 is 0. The van der Waals surface area contributed by atoms with Gasteiger partial charge < -0.3 is 9.26 Å². The van der Waals surface area contributed by atoms with E-state index in [1.807, 2.05) is 0 Å². The van der Waals surface area contributed by atoms with Gasteiger partial charge in [-0.1, -0.05) is 5.16 Å². The summed E-state index contributed by atoms with van der Waals surface area (Å²) in [6, 6.07) is 1.49. The molecule has 0 atom stereocenters. The molecule has 0 aromatic carbocycles. The number of nitrogens with zero attached hydrogens (tertiary/aromatic N) is 1. The fourth-order valence-corrected chi connectivity index (χ4v) is 1.10. The smallest absolute Gasteiger partial charge is 0.314 e. The maximum atomic E-state index is 11.5. The van der Waals surface area contributed by atoms with Crippen molar-refractivity contribution < 1.29 is 18.8 Å². The second-order valence-electron chi connectivity index (χ2n) is 4.51. The number of carbonyl (C=O) groups is 2. The third-order valence-electron chi connectivity index (χ3n) is 1.64. The molecule has 1 heterocycles. The molecule has 0 aliphatic rings. The summed E-state index contributed by atoms with van der Waals surface area (Å²) in [6.45, 7) is 6.91. The molecule has 1 rings (SSSR count). The van der Waals surface area contributed by atoms with E-state index in [1.54, 1.807) is 27.7 Å². The van der Waals surface area contributed by atoms with E-state index in [4.69, 9.17) is 9.26 Å². The summed E-state index contributed by atoms with van der Waals surface area (Å²) in [5.41, 5.74) is -0.430. The van der Waals surface area contributed by atoms with Crippen LogP contribution in [0.4, 0.5) is 0 Å². The molecular formula is C11H15NO4. The van der Waals surface area contributed by atoms with Gasteiger partial charge >= 0.3 is 5.97 Å². The summed E-state index contributed by atoms with van der Waals surface area (Å²) in [4.78, 5) is 22.9. The Morgan fingerprint density at radius 1 is 1.44 bits per heavy atom. The second kappa shape index (κ2) is 4.47. The first-order chi connectivity index (χ1) is 7.28. The zero-order valence-electron chi connectivity index (χ0n) is 9.86. The van der Waals surface area contributed by atoms with Crippen molar-refractivity contribution in [2.75, 3.05) is 0 Å². The summed E-state index contributed by atoms with van der Waals surface area (Å²) in [7, 11) is 0. The standard InChI is InChI=1S/C11H15NO4/c1-7-5-8(12-16-7)9(13)6-10(14)15-11(2,3)4/h5H,6H2,1-4H3. The molecule has 0 N–H and O–H groups in total. The maximum Gasteiger partial charge on any atom is 0.314 e. The van der Waals surface area contributed by atoms with E-state index < -0.39 is 17.4 Å². The van der Waals surface area contributed by atoms with Gasteiger partial charge in [-0.05, 0) is 27.7 Å². The van der Waals surface area contributed by atoms with Gasteiger partial charge in [-0.15, -0.1) is 0 Å². The number of aryl methyl sites for hydroxylation is 1. The molecule has 0 aliphatic carbocycles. The first-order valence-corrected chi connectivity index (χ1v) is 4.96. The van der Waals surface area contributed by atoms with Crippen LogP contribution >= 0.6 is 0 Å². The van der Waals surface area contributed by atoms with Crippen molar-refractivity contribution in [3.05, 3.63) is 17.5 Å². The number of Topliss-reactive ketones (excluding diaryl/α,β-unsaturated/α-hetero) is 1. The predicted octanol–water partition coefficient (Wildman–Crippen LogP) is 1.90. The number of ketones is 1. The van der Waals surface area contributed by atoms with Gasteiger partial charge in [0.05, 0.1) is 0 Å². The molecule has 5 heteroatoms. The second-order valence-corrected chi connectivity index (χ2v) is 4.51. The zero-order valence-corrected chi connectivity index (χ0v) is 9.86. The molecule has 0 aliphatic heterocycles. The third kappa shape index (κ3) is 3.84. The Balaban J connectivity index is 2.56. The average molecular weight is 225 g/mol. The van der Waals surface area contributed by atoms with Gasteiger partial charge in [-0.2, -0.15) is 0 Å². The molecule has 5 nitrogen and oxygen atoms in total. The Bertz CT molecular complexity index is 400. The van der Waals surface area contributed by atoms with Gasteiger partial charge in [0.2, 0.25) is 0 Å². The van der Waals surface area contributed by atoms with Gasteiger partial charge in [-0.25, -0.2) is 0 Å². The molecule has 16 heavy (non-hydrogen) atoms. The Morgan fingerprint density at radius 3 is 2.50 bits per heavy atom. The number of ether oxygens (including phenoxy) is 1. The van der Waals surface area contributed by atoms with Crippen molar-refractivity contribution in [3.63, 3.8) is 0 Å². The average Bonchev–Trinajstić information content (AvgIpc) is 2.47. The molecule has 0 amide bonds. The van der Waals surface area contributed by atoms with Crippen molar-refractivity contribution in [2.45, 2.75) is 39.7 Å². The minimum atomic E-state index is -0.586. The molecular weight excluding hydrogens is 210 g/mol. The monoisotopic (exact) mass is 225 g/mol. The molecule has 0 bridgehead atoms. The molecule has 0 radical (unpaired) electrons. The van der Waals surface area contributed by atoms with Crippen LogP contribution in [0.5, 0.6) is 0 Å². The fourth-order valence-electron chi connectivity index (χ4n) is 1.10. The molecule has 0 saturated heterocycles. The van der Waals surface area contributed by atoms with Crippen LogP contribution in [0.15, 0.2) is 10.6 Å². The fraction of sp³-hybridized carbons (Fsp3) is 0.545. The Kier molecular flexibility index (Phi) is 3.47. The molecule has 1 aromatic heterocycles. The third-order valence-corrected chi connectivity index (χ3v) is 1.64. The van der Waals surface area contributed by atoms with Gasteiger partial charge in [-0.3, -0.25) is 9.59 Å². The highest BCUT2D eigenvalue weighted by atomic mass is 16.6. The van der Waals surface area contributed by atoms with Crippen LogP contribution < -0.4 is 0 Å². The number of aromatic nitrogens is 1. The number of hydrogen-bond donors (Lipinski definition) is 0. The van der Waals surface area contributed by atoms with E-state index in [0.29, 0.717) is 5.76 Å². The first kappa shape index (κ1) is 12.4. The largest absolute Gasteiger partial charge is 0.460 e. The SMILES string of the molecule is Cc1cc(C(=O)CC(=O)OC(C)(C)C)no1. The van der Waals surface area contributed by atoms with Gasteiger partial charge in [0.15, 0.2) is 5.78 Å². The minimum absolute atomic E-state index is 0.156. The number of rotatable bonds is 3. The van der Waals surface area contributed by atoms with Gasteiger partial charge in [0, 0.05) is 6.07 Å². The summed E-state index contributed by atoms with van der Waals surface area (Å²) in [6.07, 6.45) is -0.316. The number of esters is 1. The minimum Gasteiger partial charge on any atom is -0.460 e. The quantitative estimate of drug-likeness (QED) is 0.446. The molecule has 88 valence electrons. The Morgan fingerprint density at radius 2 is 2.06 bits per heavy atom. The lowest BCUT2D eigenvalue weighted by Crippen LogP contribution is -2.25. The van der Waals surface area contributed by atoms with E-state index in [9.17, 15) is 9.59 Å². The molecule has 0 spiro atoms. The number of hydrogen-bond acceptors (Lipinski definition) is 5. The highest BCUT2D eigenvalue weighted by Crippen LogP contribution is 2.10. The van der Waals surface area contributed by atoms with Crippen LogP contribution in [0.2, 0.25) is 0 Å². The highest BCUT2D eigenvalue weighted by molar-refractivity contribution is 6.04. The molecule has 0 unspecified atom stereocenters. The first-order valence-electron chi connectivity index (χ1n) is 4.96. The zero-order chi connectivity index (χ0) is 12.3. The van der Waals surface area contributed by atoms with E-state index in [-0.39, 0.29) is 12.1 Å². The van der Waals surface area contributed by atoms with Crippen LogP contribution in [0.25, 0.3) is 0 Å². The lowest BCUT2D eigenvalue weighted by atomic mass is 10.1. The molecule has 1 aromatic rings. The van der Waals surface area contributed by atoms with Gasteiger partial charge in [0.25, 0.3) is 0 Å². The van der Waals surface area contributed by atoms with Crippen molar-refractivity contribution in [3.8, 4) is 0 Å². The highest BCUT2D eigenvalue weighted by Gasteiger charge is 2.21. The van der Waals surface area contributed by atoms with Crippen molar-refractivity contribution in [2.24, 2.45) is 0 Å². The van der Waals surface area contributed by atoms with Crippen molar-refractivity contribution in [1.82, 2.24) is 5.16 Å². The van der Waals surface area contributed by atoms with E-state index in [0.717, 1.165) is 0 Å². The molecule has 0 fully saturated rings. The summed E-state index contributed by atoms with van der Waals surface area (Å²) < 4.78 is 9.76. The molecule has 0 saturated carbocycles. The summed E-state index contributed by atoms with van der Waals surface area (Å²) in [5.74, 6) is -0.420. The number of carbonyl (C=O) groups excluding carboxylic acids is 2. The summed E-state index contributed by atoms with van der Waals surface area (Å²) in [5, 5.41) is 3.53. The Labute approximate surface area is 93.8 Å². The topological polar surface area (TPSA) is 69.4 Å². The van der Waals surface area contributed by atoms with Crippen LogP contribution in [0.1, 0.15) is 43.4 Å². The normalized spacial score (nSPS) is 11.2. The maximum absolute atomic E-state index is 11.5. The lowest BCUT2D eigenvalue weighted by molar-refractivity contribution is -0.153.